The summed E-state index contributed by atoms with van der Waals surface area (Å²) < 4.78 is 17.4. The van der Waals surface area contributed by atoms with Gasteiger partial charge in [-0.3, -0.25) is 9.59 Å². The van der Waals surface area contributed by atoms with Crippen molar-refractivity contribution < 1.29 is 54.1 Å². The van der Waals surface area contributed by atoms with Gasteiger partial charge in [0.1, 0.15) is 30.2 Å². The van der Waals surface area contributed by atoms with E-state index in [0.717, 1.165) is 11.1 Å². The molecule has 1 saturated heterocycles. The molecule has 0 saturated carbocycles. The zero-order chi connectivity index (χ0) is 33.5. The summed E-state index contributed by atoms with van der Waals surface area (Å²) in [6, 6.07) is 12.3. The van der Waals surface area contributed by atoms with Crippen molar-refractivity contribution in [2.45, 2.75) is 93.9 Å². The number of aliphatic hydroxyl groups is 5. The number of ether oxygens (including phenoxy) is 3. The van der Waals surface area contributed by atoms with E-state index in [4.69, 9.17) is 14.2 Å². The van der Waals surface area contributed by atoms with Crippen LogP contribution in [0.3, 0.4) is 0 Å². The summed E-state index contributed by atoms with van der Waals surface area (Å²) in [5.74, 6) is -0.892. The summed E-state index contributed by atoms with van der Waals surface area (Å²) in [7, 11) is -1.49. The minimum Gasteiger partial charge on any atom is -0.490 e. The van der Waals surface area contributed by atoms with Crippen molar-refractivity contribution in [3.8, 4) is 5.75 Å². The van der Waals surface area contributed by atoms with E-state index < -0.39 is 62.7 Å². The molecule has 5 rings (SSSR count). The van der Waals surface area contributed by atoms with Gasteiger partial charge < -0.3 is 54.8 Å². The molecule has 7 N–H and O–H groups in total. The molecule has 14 heteroatoms. The largest absolute Gasteiger partial charge is 0.490 e. The number of aliphatic hydroxyl groups excluding tert-OH is 5. The average Bonchev–Trinajstić information content (AvgIpc) is 3.02. The van der Waals surface area contributed by atoms with Gasteiger partial charge in [-0.25, -0.2) is 0 Å². The van der Waals surface area contributed by atoms with Crippen molar-refractivity contribution >= 4 is 25.8 Å². The number of carbonyl (C=O) groups is 2. The highest BCUT2D eigenvalue weighted by molar-refractivity contribution is 6.71. The van der Waals surface area contributed by atoms with E-state index in [2.05, 4.69) is 5.32 Å². The number of amides is 2. The fraction of sp³-hybridized carbons (Fsp3) is 0.562. The summed E-state index contributed by atoms with van der Waals surface area (Å²) >= 11 is 0. The van der Waals surface area contributed by atoms with Crippen LogP contribution in [0, 0.1) is 5.92 Å². The number of anilines is 1. The molecule has 1 fully saturated rings. The van der Waals surface area contributed by atoms with Gasteiger partial charge in [0.2, 0.25) is 5.91 Å². The molecule has 0 spiro atoms. The second-order valence-corrected chi connectivity index (χ2v) is 17.1. The monoisotopic (exact) mass is 660 g/mol. The van der Waals surface area contributed by atoms with Crippen LogP contribution in [0.5, 0.6) is 5.75 Å². The Hall–Kier alpha value is -2.92. The van der Waals surface area contributed by atoms with Gasteiger partial charge >= 0.3 is 0 Å². The predicted molar refractivity (Wildman–Crippen MR) is 167 cm³/mol. The Morgan fingerprint density at radius 3 is 2.41 bits per heavy atom. The van der Waals surface area contributed by atoms with Gasteiger partial charge in [-0.1, -0.05) is 31.2 Å². The molecule has 2 aromatic carbocycles. The molecule has 10 atom stereocenters. The Labute approximate surface area is 268 Å². The van der Waals surface area contributed by atoms with Gasteiger partial charge in [-0.2, -0.15) is 0 Å². The SMILES string of the molecule is CO[C@H]1c2cc(NC(=O)[C@H]3O[C@@H](O)[C@H](O)[C@@H](O)[C@@H]3O)ccc2O[C@@H](C(CC(=O)N2Cc3ccccc3C[C@H]2CO)[Si](C)(C)O)[C@@H]1C. The van der Waals surface area contributed by atoms with Crippen LogP contribution >= 0.6 is 0 Å². The van der Waals surface area contributed by atoms with Crippen LogP contribution in [0.25, 0.3) is 0 Å². The molecule has 2 amide bonds. The number of methoxy groups -OCH3 is 1. The van der Waals surface area contributed by atoms with Crippen molar-refractivity contribution in [2.24, 2.45) is 5.92 Å². The number of hydrogen-bond acceptors (Lipinski definition) is 11. The van der Waals surface area contributed by atoms with Gasteiger partial charge in [0.15, 0.2) is 20.7 Å². The number of carbonyl (C=O) groups excluding carboxylic acids is 2. The van der Waals surface area contributed by atoms with E-state index >= 15 is 0 Å². The highest BCUT2D eigenvalue weighted by atomic mass is 28.4. The lowest BCUT2D eigenvalue weighted by Gasteiger charge is -2.44. The smallest absolute Gasteiger partial charge is 0.256 e. The Morgan fingerprint density at radius 1 is 1.07 bits per heavy atom. The third-order valence-corrected chi connectivity index (χ3v) is 11.9. The maximum Gasteiger partial charge on any atom is 0.256 e. The lowest BCUT2D eigenvalue weighted by Crippen LogP contribution is -2.60. The molecule has 0 aromatic heterocycles. The van der Waals surface area contributed by atoms with Crippen molar-refractivity contribution in [1.29, 1.82) is 0 Å². The number of fused-ring (bicyclic) bond motifs is 2. The number of nitrogens with zero attached hydrogens (tertiary/aromatic N) is 1. The normalized spacial score (nSPS) is 31.7. The molecule has 3 aliphatic rings. The molecule has 2 aromatic rings. The third-order valence-electron chi connectivity index (χ3n) is 9.53. The second kappa shape index (κ2) is 13.7. The van der Waals surface area contributed by atoms with Crippen LogP contribution in [-0.2, 0) is 32.0 Å². The van der Waals surface area contributed by atoms with Crippen LogP contribution in [0.4, 0.5) is 5.69 Å². The first kappa shape index (κ1) is 34.4. The molecule has 1 unspecified atom stereocenters. The minimum atomic E-state index is -3.03. The highest BCUT2D eigenvalue weighted by Crippen LogP contribution is 2.47. The zero-order valence-electron chi connectivity index (χ0n) is 26.3. The maximum absolute atomic E-state index is 13.9. The van der Waals surface area contributed by atoms with Crippen LogP contribution in [-0.4, -0.2) is 112 Å². The maximum atomic E-state index is 13.9. The molecule has 0 aliphatic carbocycles. The first-order valence-corrected chi connectivity index (χ1v) is 18.5. The molecule has 0 radical (unpaired) electrons. The predicted octanol–water partition coefficient (Wildman–Crippen LogP) is 0.413. The topological polar surface area (TPSA) is 198 Å². The lowest BCUT2D eigenvalue weighted by atomic mass is 9.86. The minimum absolute atomic E-state index is 0.0272. The fourth-order valence-electron chi connectivity index (χ4n) is 6.86. The fourth-order valence-corrected chi connectivity index (χ4v) is 8.71. The standard InChI is InChI=1S/C32H44N2O11Si/c1-16-28(43-2)21-12-19(33-31(40)30-26(38)25(37)27(39)32(41)45-30)9-10-22(21)44-29(16)23(46(3,4)42)13-24(36)34-14-18-8-6-5-7-17(18)11-20(34)15-35/h5-10,12,16,20,23,25-30,32,35,37-39,41-42H,11,13-15H2,1-4H3,(H,33,40)/t16-,20+,23?,25+,26+,27-,28-,29-,30+,32-/m1/s1. The summed E-state index contributed by atoms with van der Waals surface area (Å²) in [4.78, 5) is 40.0. The van der Waals surface area contributed by atoms with Gasteiger partial charge in [-0.05, 0) is 48.8 Å². The quantitative estimate of drug-likeness (QED) is 0.194. The van der Waals surface area contributed by atoms with Crippen LogP contribution in [0.2, 0.25) is 18.6 Å². The summed E-state index contributed by atoms with van der Waals surface area (Å²) in [5.41, 5.74) is 2.53. The number of nitrogens with one attached hydrogen (secondary N) is 1. The van der Waals surface area contributed by atoms with Gasteiger partial charge in [0, 0.05) is 42.8 Å². The Balaban J connectivity index is 1.35. The molecule has 252 valence electrons. The van der Waals surface area contributed by atoms with Crippen LogP contribution in [0.1, 0.15) is 36.1 Å². The van der Waals surface area contributed by atoms with Crippen molar-refractivity contribution in [3.63, 3.8) is 0 Å². The molecule has 46 heavy (non-hydrogen) atoms. The number of benzene rings is 2. The summed E-state index contributed by atoms with van der Waals surface area (Å²) in [6.45, 7) is 5.68. The van der Waals surface area contributed by atoms with E-state index in [1.807, 2.05) is 31.2 Å². The molecule has 0 bridgehead atoms. The zero-order valence-corrected chi connectivity index (χ0v) is 27.3. The summed E-state index contributed by atoms with van der Waals surface area (Å²) in [5, 5.41) is 52.5. The van der Waals surface area contributed by atoms with Gasteiger partial charge in [-0.15, -0.1) is 0 Å². The first-order valence-electron chi connectivity index (χ1n) is 15.5. The molecule has 3 heterocycles. The summed E-state index contributed by atoms with van der Waals surface area (Å²) in [6.07, 6.45) is -9.38. The molecular weight excluding hydrogens is 616 g/mol. The highest BCUT2D eigenvalue weighted by Gasteiger charge is 2.49. The third kappa shape index (κ3) is 6.72. The average molecular weight is 661 g/mol. The number of hydrogen-bond donors (Lipinski definition) is 7. The second-order valence-electron chi connectivity index (χ2n) is 13.1. The Bertz CT molecular complexity index is 1420. The lowest BCUT2D eigenvalue weighted by molar-refractivity contribution is -0.274. The molecule has 3 aliphatic heterocycles. The Morgan fingerprint density at radius 2 is 1.76 bits per heavy atom. The van der Waals surface area contributed by atoms with Gasteiger partial charge in [0.25, 0.3) is 5.91 Å². The van der Waals surface area contributed by atoms with Crippen molar-refractivity contribution in [2.75, 3.05) is 19.0 Å². The van der Waals surface area contributed by atoms with E-state index in [1.54, 1.807) is 36.2 Å². The first-order chi connectivity index (χ1) is 21.7. The van der Waals surface area contributed by atoms with Crippen molar-refractivity contribution in [3.05, 3.63) is 59.2 Å². The molecule has 13 nitrogen and oxygen atoms in total. The molecular formula is C32H44N2O11Si. The van der Waals surface area contributed by atoms with Crippen molar-refractivity contribution in [1.82, 2.24) is 4.90 Å². The Kier molecular flexibility index (Phi) is 10.2. The van der Waals surface area contributed by atoms with E-state index in [-0.39, 0.29) is 30.9 Å². The van der Waals surface area contributed by atoms with Crippen LogP contribution < -0.4 is 10.1 Å². The van der Waals surface area contributed by atoms with E-state index in [9.17, 15) is 39.9 Å². The van der Waals surface area contributed by atoms with Crippen LogP contribution in [0.15, 0.2) is 42.5 Å². The van der Waals surface area contributed by atoms with E-state index in [1.165, 1.54) is 7.11 Å². The number of rotatable bonds is 8. The van der Waals surface area contributed by atoms with Gasteiger partial charge in [0.05, 0.1) is 18.8 Å². The van der Waals surface area contributed by atoms with E-state index in [0.29, 0.717) is 30.0 Å².